The predicted molar refractivity (Wildman–Crippen MR) is 200 cm³/mol. The molecule has 0 atom stereocenters. The molecule has 0 aliphatic heterocycles. The van der Waals surface area contributed by atoms with Gasteiger partial charge in [0.05, 0.1) is 18.5 Å². The number of esters is 2. The molecule has 0 fully saturated rings. The molecule has 12 heteroatoms. The fourth-order valence-corrected chi connectivity index (χ4v) is 6.16. The van der Waals surface area contributed by atoms with E-state index in [0.29, 0.717) is 11.5 Å². The number of nitrogens with one attached hydrogen (secondary N) is 2. The fraction of sp³-hybridized carbons (Fsp3) is 0.286. The summed E-state index contributed by atoms with van der Waals surface area (Å²) in [4.78, 5) is 46.6. The minimum absolute atomic E-state index is 0.0117. The van der Waals surface area contributed by atoms with Crippen LogP contribution in [0.4, 0.5) is 9.59 Å². The molecular formula is C42H44N2O10. The van der Waals surface area contributed by atoms with Crippen molar-refractivity contribution in [1.82, 2.24) is 10.6 Å². The number of rotatable bonds is 18. The molecular weight excluding hydrogens is 692 g/mol. The van der Waals surface area contributed by atoms with Crippen LogP contribution in [0.2, 0.25) is 0 Å². The Labute approximate surface area is 314 Å². The zero-order valence-corrected chi connectivity index (χ0v) is 30.4. The van der Waals surface area contributed by atoms with Gasteiger partial charge in [0.1, 0.15) is 51.1 Å². The Hall–Kier alpha value is -6.30. The van der Waals surface area contributed by atoms with Crippen LogP contribution in [0.3, 0.4) is 0 Å². The molecule has 0 saturated carbocycles. The van der Waals surface area contributed by atoms with Gasteiger partial charge in [0.15, 0.2) is 0 Å². The van der Waals surface area contributed by atoms with Crippen molar-refractivity contribution in [3.63, 3.8) is 0 Å². The quantitative estimate of drug-likeness (QED) is 0.0453. The number of hydrogen-bond acceptors (Lipinski definition) is 10. The minimum Gasteiger partial charge on any atom is -0.490 e. The van der Waals surface area contributed by atoms with Crippen molar-refractivity contribution < 1.29 is 47.6 Å². The summed E-state index contributed by atoms with van der Waals surface area (Å²) in [6.07, 6.45) is -0.985. The zero-order chi connectivity index (χ0) is 38.3. The van der Waals surface area contributed by atoms with Gasteiger partial charge < -0.3 is 39.1 Å². The summed E-state index contributed by atoms with van der Waals surface area (Å²) in [7, 11) is 0. The molecule has 0 saturated heterocycles. The lowest BCUT2D eigenvalue weighted by molar-refractivity contribution is -0.143. The highest BCUT2D eigenvalue weighted by Crippen LogP contribution is 2.56. The number of carbonyl (C=O) groups is 4. The van der Waals surface area contributed by atoms with Crippen molar-refractivity contribution in [1.29, 1.82) is 0 Å². The zero-order valence-electron chi connectivity index (χ0n) is 30.4. The van der Waals surface area contributed by atoms with E-state index < -0.39 is 23.6 Å². The van der Waals surface area contributed by atoms with Crippen molar-refractivity contribution in [3.8, 4) is 22.6 Å². The Bertz CT molecular complexity index is 1880. The molecule has 0 aromatic heterocycles. The summed E-state index contributed by atoms with van der Waals surface area (Å²) in [6, 6.07) is 32.6. The van der Waals surface area contributed by atoms with E-state index in [1.54, 1.807) is 13.8 Å². The Morgan fingerprint density at radius 2 is 1.02 bits per heavy atom. The Morgan fingerprint density at radius 3 is 1.46 bits per heavy atom. The standard InChI is InChI=1S/C42H44N2O10/c1-4-38(45)51-23-21-43-40(47)53-27-25-49-32-17-13-30(14-18-32)42(36-11-7-5-9-34(36)35-10-6-8-12-37(35)42)31-15-19-33(20-16-31)50-26-28-54-41(48)44-22-24-52-39(46)29(2)3/h5-20H,2,4,21-28H2,1,3H3,(H,43,47)(H,44,48). The molecule has 4 aromatic rings. The highest BCUT2D eigenvalue weighted by molar-refractivity contribution is 5.87. The molecule has 12 nitrogen and oxygen atoms in total. The minimum atomic E-state index is -0.642. The average Bonchev–Trinajstić information content (AvgIpc) is 3.49. The van der Waals surface area contributed by atoms with Crippen molar-refractivity contribution in [2.45, 2.75) is 25.7 Å². The van der Waals surface area contributed by atoms with Crippen LogP contribution in [0.15, 0.2) is 109 Å². The molecule has 0 bridgehead atoms. The molecule has 0 spiro atoms. The maximum absolute atomic E-state index is 12.0. The number of hydrogen-bond donors (Lipinski definition) is 2. The lowest BCUT2D eigenvalue weighted by atomic mass is 9.68. The number of fused-ring (bicyclic) bond motifs is 3. The van der Waals surface area contributed by atoms with Gasteiger partial charge in [-0.05, 0) is 64.6 Å². The van der Waals surface area contributed by atoms with E-state index >= 15 is 0 Å². The van der Waals surface area contributed by atoms with E-state index in [1.165, 1.54) is 0 Å². The van der Waals surface area contributed by atoms with Crippen LogP contribution in [-0.2, 0) is 34.0 Å². The first-order valence-electron chi connectivity index (χ1n) is 17.7. The van der Waals surface area contributed by atoms with E-state index in [1.807, 2.05) is 48.5 Å². The molecule has 0 heterocycles. The largest absolute Gasteiger partial charge is 0.490 e. The average molecular weight is 737 g/mol. The summed E-state index contributed by atoms with van der Waals surface area (Å²) < 4.78 is 32.0. The number of amides is 2. The van der Waals surface area contributed by atoms with E-state index in [-0.39, 0.29) is 70.7 Å². The maximum Gasteiger partial charge on any atom is 0.407 e. The predicted octanol–water partition coefficient (Wildman–Crippen LogP) is 6.33. The fourth-order valence-electron chi connectivity index (χ4n) is 6.16. The van der Waals surface area contributed by atoms with Gasteiger partial charge in [-0.15, -0.1) is 0 Å². The normalized spacial score (nSPS) is 12.0. The molecule has 2 N–H and O–H groups in total. The number of benzene rings is 4. The van der Waals surface area contributed by atoms with Crippen LogP contribution in [0.5, 0.6) is 11.5 Å². The molecule has 2 amide bonds. The molecule has 0 unspecified atom stereocenters. The topological polar surface area (TPSA) is 148 Å². The molecule has 282 valence electrons. The van der Waals surface area contributed by atoms with Crippen molar-refractivity contribution >= 4 is 24.1 Å². The lowest BCUT2D eigenvalue weighted by Crippen LogP contribution is -2.30. The SMILES string of the molecule is C=C(C)C(=O)OCCNC(=O)OCCOc1ccc(C2(c3ccc(OCCOC(=O)NCCOC(=O)CC)cc3)c3ccccc3-c3ccccc32)cc1. The first-order chi connectivity index (χ1) is 26.2. The maximum atomic E-state index is 12.0. The third-order valence-corrected chi connectivity index (χ3v) is 8.57. The second-order valence-electron chi connectivity index (χ2n) is 12.2. The summed E-state index contributed by atoms with van der Waals surface area (Å²) in [5.74, 6) is 0.385. The Balaban J connectivity index is 1.22. The van der Waals surface area contributed by atoms with Gasteiger partial charge >= 0.3 is 24.1 Å². The summed E-state index contributed by atoms with van der Waals surface area (Å²) in [5, 5.41) is 5.05. The Kier molecular flexibility index (Phi) is 13.7. The monoisotopic (exact) mass is 736 g/mol. The van der Waals surface area contributed by atoms with Gasteiger partial charge in [-0.3, -0.25) is 4.79 Å². The number of alkyl carbamates (subject to hydrolysis) is 2. The molecule has 54 heavy (non-hydrogen) atoms. The second-order valence-corrected chi connectivity index (χ2v) is 12.2. The highest BCUT2D eigenvalue weighted by atomic mass is 16.6. The first kappa shape index (κ1) is 38.9. The molecule has 1 aliphatic carbocycles. The molecule has 4 aromatic carbocycles. The van der Waals surface area contributed by atoms with Crippen molar-refractivity contribution in [2.75, 3.05) is 52.7 Å². The lowest BCUT2D eigenvalue weighted by Gasteiger charge is -2.34. The van der Waals surface area contributed by atoms with E-state index in [2.05, 4.69) is 65.7 Å². The van der Waals surface area contributed by atoms with Gasteiger partial charge in [0.25, 0.3) is 0 Å². The van der Waals surface area contributed by atoms with Crippen molar-refractivity contribution in [2.24, 2.45) is 0 Å². The van der Waals surface area contributed by atoms with Gasteiger partial charge in [0, 0.05) is 12.0 Å². The van der Waals surface area contributed by atoms with Crippen molar-refractivity contribution in [3.05, 3.63) is 131 Å². The summed E-state index contributed by atoms with van der Waals surface area (Å²) in [6.45, 7) is 7.47. The smallest absolute Gasteiger partial charge is 0.407 e. The van der Waals surface area contributed by atoms with Crippen LogP contribution in [0, 0.1) is 0 Å². The number of ether oxygens (including phenoxy) is 6. The van der Waals surface area contributed by atoms with Gasteiger partial charge in [-0.1, -0.05) is 86.3 Å². The number of carbonyl (C=O) groups excluding carboxylic acids is 4. The van der Waals surface area contributed by atoms with Gasteiger partial charge in [-0.25, -0.2) is 14.4 Å². The summed E-state index contributed by atoms with van der Waals surface area (Å²) >= 11 is 0. The van der Waals surface area contributed by atoms with Crippen LogP contribution in [0.25, 0.3) is 11.1 Å². The first-order valence-corrected chi connectivity index (χ1v) is 17.7. The summed E-state index contributed by atoms with van der Waals surface area (Å²) in [5.41, 5.74) is 6.30. The van der Waals surface area contributed by atoms with Crippen LogP contribution >= 0.6 is 0 Å². The van der Waals surface area contributed by atoms with E-state index in [0.717, 1.165) is 33.4 Å². The van der Waals surface area contributed by atoms with Crippen LogP contribution in [0.1, 0.15) is 42.5 Å². The molecule has 0 radical (unpaired) electrons. The molecule has 1 aliphatic rings. The Morgan fingerprint density at radius 1 is 0.574 bits per heavy atom. The van der Waals surface area contributed by atoms with Gasteiger partial charge in [0.2, 0.25) is 0 Å². The van der Waals surface area contributed by atoms with E-state index in [9.17, 15) is 19.2 Å². The highest BCUT2D eigenvalue weighted by Gasteiger charge is 2.45. The third kappa shape index (κ3) is 9.57. The molecule has 5 rings (SSSR count). The van der Waals surface area contributed by atoms with E-state index in [4.69, 9.17) is 28.4 Å². The van der Waals surface area contributed by atoms with Gasteiger partial charge in [-0.2, -0.15) is 0 Å². The second kappa shape index (κ2) is 19.0. The van der Waals surface area contributed by atoms with Crippen LogP contribution < -0.4 is 20.1 Å². The third-order valence-electron chi connectivity index (χ3n) is 8.57. The van der Waals surface area contributed by atoms with Crippen LogP contribution in [-0.4, -0.2) is 76.9 Å².